The molecule has 0 radical (unpaired) electrons. The number of hydrogen-bond donors (Lipinski definition) is 1. The van der Waals surface area contributed by atoms with Crippen molar-refractivity contribution in [3.8, 4) is 0 Å². The van der Waals surface area contributed by atoms with Crippen molar-refractivity contribution in [3.05, 3.63) is 35.4 Å². The fourth-order valence-electron chi connectivity index (χ4n) is 2.77. The normalized spacial score (nSPS) is 20.1. The molecule has 2 heteroatoms. The highest BCUT2D eigenvalue weighted by Gasteiger charge is 2.16. The monoisotopic (exact) mass is 275 g/mol. The van der Waals surface area contributed by atoms with Gasteiger partial charge in [-0.05, 0) is 63.6 Å². The van der Waals surface area contributed by atoms with E-state index in [1.54, 1.807) is 7.11 Å². The summed E-state index contributed by atoms with van der Waals surface area (Å²) >= 11 is 0. The van der Waals surface area contributed by atoms with Gasteiger partial charge < -0.3 is 10.1 Å². The van der Waals surface area contributed by atoms with Crippen LogP contribution < -0.4 is 5.32 Å². The summed E-state index contributed by atoms with van der Waals surface area (Å²) in [5.74, 6) is 0. The van der Waals surface area contributed by atoms with Crippen molar-refractivity contribution in [2.75, 3.05) is 13.7 Å². The van der Waals surface area contributed by atoms with Crippen LogP contribution in [0, 0.1) is 0 Å². The van der Waals surface area contributed by atoms with Crippen LogP contribution in [0.1, 0.15) is 50.7 Å². The highest BCUT2D eigenvalue weighted by Crippen LogP contribution is 2.18. The minimum Gasteiger partial charge on any atom is -0.379 e. The lowest BCUT2D eigenvalue weighted by atomic mass is 9.95. The summed E-state index contributed by atoms with van der Waals surface area (Å²) in [6, 6.07) is 9.84. The molecule has 2 nitrogen and oxygen atoms in total. The maximum atomic E-state index is 5.48. The van der Waals surface area contributed by atoms with Crippen molar-refractivity contribution in [1.82, 2.24) is 5.32 Å². The van der Waals surface area contributed by atoms with Gasteiger partial charge in [-0.1, -0.05) is 30.7 Å². The lowest BCUT2D eigenvalue weighted by Gasteiger charge is -2.24. The first kappa shape index (κ1) is 15.5. The molecule has 1 aliphatic heterocycles. The molecule has 1 aromatic carbocycles. The van der Waals surface area contributed by atoms with Gasteiger partial charge in [-0.2, -0.15) is 0 Å². The molecule has 0 aromatic heterocycles. The van der Waals surface area contributed by atoms with E-state index in [1.165, 1.54) is 43.4 Å². The van der Waals surface area contributed by atoms with Gasteiger partial charge >= 0.3 is 0 Å². The van der Waals surface area contributed by atoms with Gasteiger partial charge in [0.25, 0.3) is 0 Å². The molecule has 1 atom stereocenters. The first-order valence-corrected chi connectivity index (χ1v) is 7.95. The summed E-state index contributed by atoms with van der Waals surface area (Å²) in [6.45, 7) is 5.49. The summed E-state index contributed by atoms with van der Waals surface area (Å²) < 4.78 is 5.48. The van der Waals surface area contributed by atoms with E-state index in [9.17, 15) is 0 Å². The second-order valence-corrected chi connectivity index (χ2v) is 6.63. The van der Waals surface area contributed by atoms with Gasteiger partial charge in [-0.25, -0.2) is 0 Å². The van der Waals surface area contributed by atoms with Crippen LogP contribution >= 0.6 is 0 Å². The molecule has 1 heterocycles. The van der Waals surface area contributed by atoms with Crippen molar-refractivity contribution < 1.29 is 4.74 Å². The van der Waals surface area contributed by atoms with E-state index < -0.39 is 0 Å². The molecular weight excluding hydrogens is 246 g/mol. The highest BCUT2D eigenvalue weighted by atomic mass is 16.5. The van der Waals surface area contributed by atoms with Crippen LogP contribution in [0.3, 0.4) is 0 Å². The topological polar surface area (TPSA) is 21.3 Å². The quantitative estimate of drug-likeness (QED) is 0.854. The Kier molecular flexibility index (Phi) is 5.62. The molecule has 2 rings (SSSR count). The summed E-state index contributed by atoms with van der Waals surface area (Å²) in [4.78, 5) is 0. The molecule has 0 spiro atoms. The third-order valence-electron chi connectivity index (χ3n) is 4.49. The van der Waals surface area contributed by atoms with Crippen LogP contribution in [0.5, 0.6) is 0 Å². The number of rotatable bonds is 6. The minimum absolute atomic E-state index is 0.0231. The fraction of sp³-hybridized carbons (Fsp3) is 0.667. The second-order valence-electron chi connectivity index (χ2n) is 6.63. The molecule has 1 fully saturated rings. The van der Waals surface area contributed by atoms with Gasteiger partial charge in [-0.3, -0.25) is 0 Å². The molecule has 1 aliphatic rings. The highest BCUT2D eigenvalue weighted by molar-refractivity contribution is 5.23. The van der Waals surface area contributed by atoms with E-state index in [2.05, 4.69) is 43.4 Å². The third-order valence-corrected chi connectivity index (χ3v) is 4.49. The number of ether oxygens (including phenoxy) is 1. The second kappa shape index (κ2) is 7.24. The summed E-state index contributed by atoms with van der Waals surface area (Å²) in [5, 5.41) is 3.62. The van der Waals surface area contributed by atoms with E-state index in [0.29, 0.717) is 6.04 Å². The number of aryl methyl sites for hydroxylation is 1. The van der Waals surface area contributed by atoms with Crippen LogP contribution in [0.15, 0.2) is 24.3 Å². The third kappa shape index (κ3) is 4.92. The maximum Gasteiger partial charge on any atom is 0.0625 e. The Morgan fingerprint density at radius 2 is 1.85 bits per heavy atom. The SMILES string of the molecule is COC(C)(C)CCc1ccc(CC2CCCCN2)cc1. The van der Waals surface area contributed by atoms with Crippen LogP contribution in [0.4, 0.5) is 0 Å². The van der Waals surface area contributed by atoms with Gasteiger partial charge in [0.2, 0.25) is 0 Å². The number of nitrogens with one attached hydrogen (secondary N) is 1. The first-order chi connectivity index (χ1) is 9.59. The molecule has 1 saturated heterocycles. The summed E-state index contributed by atoms with van der Waals surface area (Å²) in [5.41, 5.74) is 2.85. The Bertz CT molecular complexity index is 390. The largest absolute Gasteiger partial charge is 0.379 e. The molecule has 0 amide bonds. The molecule has 112 valence electrons. The maximum absolute atomic E-state index is 5.48. The Labute approximate surface area is 123 Å². The number of benzene rings is 1. The molecule has 0 aliphatic carbocycles. The number of piperidine rings is 1. The number of methoxy groups -OCH3 is 1. The van der Waals surface area contributed by atoms with Crippen molar-refractivity contribution in [2.24, 2.45) is 0 Å². The molecular formula is C18H29NO. The summed E-state index contributed by atoms with van der Waals surface area (Å²) in [7, 11) is 1.79. The van der Waals surface area contributed by atoms with Crippen molar-refractivity contribution in [2.45, 2.75) is 64.0 Å². The van der Waals surface area contributed by atoms with E-state index in [4.69, 9.17) is 4.74 Å². The summed E-state index contributed by atoms with van der Waals surface area (Å²) in [6.07, 6.45) is 7.36. The predicted octanol–water partition coefficient (Wildman–Crippen LogP) is 3.73. The van der Waals surface area contributed by atoms with Crippen LogP contribution in [0.2, 0.25) is 0 Å². The molecule has 1 aromatic rings. The van der Waals surface area contributed by atoms with Crippen molar-refractivity contribution in [3.63, 3.8) is 0 Å². The fourth-order valence-corrected chi connectivity index (χ4v) is 2.77. The molecule has 1 N–H and O–H groups in total. The lowest BCUT2D eigenvalue weighted by molar-refractivity contribution is 0.0158. The lowest BCUT2D eigenvalue weighted by Crippen LogP contribution is -2.35. The van der Waals surface area contributed by atoms with E-state index in [0.717, 1.165) is 12.8 Å². The van der Waals surface area contributed by atoms with Crippen LogP contribution in [0.25, 0.3) is 0 Å². The Morgan fingerprint density at radius 3 is 2.45 bits per heavy atom. The van der Waals surface area contributed by atoms with Crippen LogP contribution in [-0.4, -0.2) is 25.3 Å². The van der Waals surface area contributed by atoms with E-state index in [1.807, 2.05) is 0 Å². The van der Waals surface area contributed by atoms with Gasteiger partial charge in [-0.15, -0.1) is 0 Å². The average Bonchev–Trinajstić information content (AvgIpc) is 2.48. The molecule has 20 heavy (non-hydrogen) atoms. The van der Waals surface area contributed by atoms with E-state index in [-0.39, 0.29) is 5.60 Å². The zero-order valence-electron chi connectivity index (χ0n) is 13.2. The predicted molar refractivity (Wildman–Crippen MR) is 85.2 cm³/mol. The van der Waals surface area contributed by atoms with Crippen molar-refractivity contribution in [1.29, 1.82) is 0 Å². The standard InChI is InChI=1S/C18H29NO/c1-18(2,20-3)12-11-15-7-9-16(10-8-15)14-17-6-4-5-13-19-17/h7-10,17,19H,4-6,11-14H2,1-3H3. The Hall–Kier alpha value is -0.860. The average molecular weight is 275 g/mol. The van der Waals surface area contributed by atoms with Gasteiger partial charge in [0.1, 0.15) is 0 Å². The van der Waals surface area contributed by atoms with Gasteiger partial charge in [0.15, 0.2) is 0 Å². The minimum atomic E-state index is -0.0231. The Balaban J connectivity index is 1.83. The molecule has 1 unspecified atom stereocenters. The smallest absolute Gasteiger partial charge is 0.0625 e. The molecule has 0 bridgehead atoms. The first-order valence-electron chi connectivity index (χ1n) is 7.95. The zero-order chi connectivity index (χ0) is 14.4. The van der Waals surface area contributed by atoms with E-state index >= 15 is 0 Å². The Morgan fingerprint density at radius 1 is 1.15 bits per heavy atom. The van der Waals surface area contributed by atoms with Gasteiger partial charge in [0.05, 0.1) is 5.60 Å². The number of hydrogen-bond acceptors (Lipinski definition) is 2. The zero-order valence-corrected chi connectivity index (χ0v) is 13.2. The van der Waals surface area contributed by atoms with Gasteiger partial charge in [0, 0.05) is 13.2 Å². The van der Waals surface area contributed by atoms with Crippen LogP contribution in [-0.2, 0) is 17.6 Å². The van der Waals surface area contributed by atoms with Crippen molar-refractivity contribution >= 4 is 0 Å². The molecule has 0 saturated carbocycles.